The predicted molar refractivity (Wildman–Crippen MR) is 44.4 cm³/mol. The van der Waals surface area contributed by atoms with Crippen molar-refractivity contribution in [2.45, 2.75) is 13.3 Å². The summed E-state index contributed by atoms with van der Waals surface area (Å²) in [5, 5.41) is 10.3. The summed E-state index contributed by atoms with van der Waals surface area (Å²) in [6.07, 6.45) is 3.31. The van der Waals surface area contributed by atoms with Crippen LogP contribution in [0.4, 0.5) is 0 Å². The lowest BCUT2D eigenvalue weighted by molar-refractivity contribution is -0.426. The van der Waals surface area contributed by atoms with E-state index in [1.807, 2.05) is 0 Å². The first-order valence-electron chi connectivity index (χ1n) is 3.76. The molecule has 5 heteroatoms. The Bertz CT molecular complexity index is 303. The number of hydrogen-bond donors (Lipinski definition) is 0. The van der Waals surface area contributed by atoms with Crippen LogP contribution in [0.2, 0.25) is 0 Å². The Balaban J connectivity index is 2.37. The second-order valence-electron chi connectivity index (χ2n) is 2.70. The number of esters is 1. The number of rotatable bonds is 3. The summed E-state index contributed by atoms with van der Waals surface area (Å²) in [5.41, 5.74) is 0.893. The first-order chi connectivity index (χ1) is 6.09. The maximum Gasteiger partial charge on any atom is 0.302 e. The van der Waals surface area contributed by atoms with E-state index >= 15 is 0 Å². The molecule has 0 saturated heterocycles. The van der Waals surface area contributed by atoms with Crippen LogP contribution in [0.15, 0.2) is 23.4 Å². The lowest BCUT2D eigenvalue weighted by Gasteiger charge is -2.01. The van der Waals surface area contributed by atoms with E-state index in [-0.39, 0.29) is 24.7 Å². The fraction of sp³-hybridized carbons (Fsp3) is 0.375. The van der Waals surface area contributed by atoms with Crippen LogP contribution in [-0.2, 0) is 9.53 Å². The lowest BCUT2D eigenvalue weighted by Crippen LogP contribution is -2.04. The van der Waals surface area contributed by atoms with Crippen molar-refractivity contribution in [2.24, 2.45) is 0 Å². The first kappa shape index (κ1) is 9.44. The van der Waals surface area contributed by atoms with E-state index in [1.54, 1.807) is 6.08 Å². The molecule has 0 N–H and O–H groups in total. The highest BCUT2D eigenvalue weighted by Gasteiger charge is 2.18. The molecule has 0 aromatic carbocycles. The standard InChI is InChI=1S/C8H9NO4/c1-6(10)13-5-7-2-3-8(4-7)9(11)12/h2-3H,4-5H2,1H3. The highest BCUT2D eigenvalue weighted by atomic mass is 16.6. The quantitative estimate of drug-likeness (QED) is 0.372. The Kier molecular flexibility index (Phi) is 2.79. The molecule has 1 aliphatic rings. The zero-order chi connectivity index (χ0) is 9.84. The summed E-state index contributed by atoms with van der Waals surface area (Å²) < 4.78 is 4.69. The van der Waals surface area contributed by atoms with Crippen LogP contribution in [0, 0.1) is 10.1 Å². The molecule has 1 aliphatic carbocycles. The fourth-order valence-corrected chi connectivity index (χ4v) is 0.983. The Labute approximate surface area is 74.8 Å². The molecule has 0 bridgehead atoms. The molecular weight excluding hydrogens is 174 g/mol. The van der Waals surface area contributed by atoms with Crippen LogP contribution in [-0.4, -0.2) is 17.5 Å². The van der Waals surface area contributed by atoms with E-state index in [4.69, 9.17) is 4.74 Å². The number of nitrogens with zero attached hydrogens (tertiary/aromatic N) is 1. The summed E-state index contributed by atoms with van der Waals surface area (Å²) in [6.45, 7) is 1.44. The van der Waals surface area contributed by atoms with Crippen molar-refractivity contribution in [3.8, 4) is 0 Å². The minimum atomic E-state index is -0.433. The largest absolute Gasteiger partial charge is 0.461 e. The summed E-state index contributed by atoms with van der Waals surface area (Å²) in [7, 11) is 0. The van der Waals surface area contributed by atoms with Crippen molar-refractivity contribution in [1.82, 2.24) is 0 Å². The summed E-state index contributed by atoms with van der Waals surface area (Å²) >= 11 is 0. The van der Waals surface area contributed by atoms with Gasteiger partial charge < -0.3 is 4.74 Å². The van der Waals surface area contributed by atoms with E-state index in [0.717, 1.165) is 5.57 Å². The van der Waals surface area contributed by atoms with E-state index in [2.05, 4.69) is 0 Å². The van der Waals surface area contributed by atoms with Crippen LogP contribution >= 0.6 is 0 Å². The lowest BCUT2D eigenvalue weighted by atomic mass is 10.2. The van der Waals surface area contributed by atoms with Crippen molar-refractivity contribution in [1.29, 1.82) is 0 Å². The molecule has 1 rings (SSSR count). The summed E-state index contributed by atoms with van der Waals surface area (Å²) in [5.74, 6) is -0.379. The second kappa shape index (κ2) is 3.84. The third-order valence-electron chi connectivity index (χ3n) is 1.61. The van der Waals surface area contributed by atoms with Crippen LogP contribution in [0.25, 0.3) is 0 Å². The van der Waals surface area contributed by atoms with Crippen molar-refractivity contribution in [2.75, 3.05) is 6.61 Å². The van der Waals surface area contributed by atoms with Crippen molar-refractivity contribution in [3.63, 3.8) is 0 Å². The Morgan fingerprint density at radius 1 is 1.69 bits per heavy atom. The average Bonchev–Trinajstić information content (AvgIpc) is 2.48. The van der Waals surface area contributed by atoms with Crippen LogP contribution in [0.5, 0.6) is 0 Å². The van der Waals surface area contributed by atoms with Gasteiger partial charge in [0, 0.05) is 13.0 Å². The minimum Gasteiger partial charge on any atom is -0.461 e. The highest BCUT2D eigenvalue weighted by molar-refractivity contribution is 5.66. The third kappa shape index (κ3) is 2.70. The van der Waals surface area contributed by atoms with E-state index in [9.17, 15) is 14.9 Å². The fourth-order valence-electron chi connectivity index (χ4n) is 0.983. The second-order valence-corrected chi connectivity index (χ2v) is 2.70. The van der Waals surface area contributed by atoms with Gasteiger partial charge >= 0.3 is 5.97 Å². The molecule has 0 fully saturated rings. The molecule has 0 aromatic heterocycles. The summed E-state index contributed by atoms with van der Waals surface area (Å²) in [6, 6.07) is 0. The zero-order valence-corrected chi connectivity index (χ0v) is 7.15. The Hall–Kier alpha value is -1.65. The van der Waals surface area contributed by atoms with Gasteiger partial charge in [0.1, 0.15) is 6.61 Å². The maximum absolute atomic E-state index is 10.4. The van der Waals surface area contributed by atoms with E-state index in [1.165, 1.54) is 13.0 Å². The molecule has 0 aromatic rings. The Morgan fingerprint density at radius 2 is 2.38 bits per heavy atom. The van der Waals surface area contributed by atoms with Gasteiger partial charge in [-0.1, -0.05) is 6.08 Å². The molecule has 0 aliphatic heterocycles. The van der Waals surface area contributed by atoms with Gasteiger partial charge in [-0.25, -0.2) is 0 Å². The third-order valence-corrected chi connectivity index (χ3v) is 1.61. The van der Waals surface area contributed by atoms with Crippen molar-refractivity contribution in [3.05, 3.63) is 33.5 Å². The van der Waals surface area contributed by atoms with Gasteiger partial charge in [0.25, 0.3) is 0 Å². The average molecular weight is 183 g/mol. The van der Waals surface area contributed by atoms with E-state index in [0.29, 0.717) is 0 Å². The normalized spacial score (nSPS) is 14.8. The molecule has 13 heavy (non-hydrogen) atoms. The van der Waals surface area contributed by atoms with E-state index < -0.39 is 4.92 Å². The summed E-state index contributed by atoms with van der Waals surface area (Å²) in [4.78, 5) is 20.3. The van der Waals surface area contributed by atoms with Crippen molar-refractivity contribution < 1.29 is 14.5 Å². The molecule has 70 valence electrons. The molecule has 0 unspecified atom stereocenters. The first-order valence-corrected chi connectivity index (χ1v) is 3.76. The Morgan fingerprint density at radius 3 is 2.85 bits per heavy atom. The van der Waals surface area contributed by atoms with Crippen LogP contribution in [0.3, 0.4) is 0 Å². The minimum absolute atomic E-state index is 0.141. The topological polar surface area (TPSA) is 69.4 Å². The number of nitro groups is 1. The highest BCUT2D eigenvalue weighted by Crippen LogP contribution is 2.19. The molecule has 0 radical (unpaired) electrons. The van der Waals surface area contributed by atoms with Gasteiger partial charge in [-0.15, -0.1) is 0 Å². The van der Waals surface area contributed by atoms with Crippen LogP contribution < -0.4 is 0 Å². The smallest absolute Gasteiger partial charge is 0.302 e. The number of ether oxygens (including phenoxy) is 1. The molecular formula is C8H9NO4. The zero-order valence-electron chi connectivity index (χ0n) is 7.15. The molecule has 0 heterocycles. The maximum atomic E-state index is 10.4. The number of carbonyl (C=O) groups is 1. The molecule has 0 saturated carbocycles. The van der Waals surface area contributed by atoms with Crippen LogP contribution in [0.1, 0.15) is 13.3 Å². The number of hydrogen-bond acceptors (Lipinski definition) is 4. The van der Waals surface area contributed by atoms with Crippen molar-refractivity contribution >= 4 is 5.97 Å². The molecule has 0 spiro atoms. The molecule has 5 nitrogen and oxygen atoms in total. The van der Waals surface area contributed by atoms with Gasteiger partial charge in [-0.2, -0.15) is 0 Å². The number of allylic oxidation sites excluding steroid dienone is 3. The van der Waals surface area contributed by atoms with Gasteiger partial charge in [0.05, 0.1) is 11.3 Å². The van der Waals surface area contributed by atoms with Gasteiger partial charge in [-0.3, -0.25) is 14.9 Å². The van der Waals surface area contributed by atoms with Gasteiger partial charge in [-0.05, 0) is 5.57 Å². The molecule has 0 amide bonds. The van der Waals surface area contributed by atoms with Gasteiger partial charge in [0.15, 0.2) is 0 Å². The monoisotopic (exact) mass is 183 g/mol. The predicted octanol–water partition coefficient (Wildman–Crippen LogP) is 1.04. The van der Waals surface area contributed by atoms with Gasteiger partial charge in [0.2, 0.25) is 5.70 Å². The molecule has 0 atom stereocenters. The SMILES string of the molecule is CC(=O)OCC1=CC=C([N+](=O)[O-])C1. The number of carbonyl (C=O) groups excluding carboxylic acids is 1.